The summed E-state index contributed by atoms with van der Waals surface area (Å²) < 4.78 is 150. The van der Waals surface area contributed by atoms with Gasteiger partial charge in [-0.05, 0) is 6.07 Å². The first-order valence-electron chi connectivity index (χ1n) is 7.15. The SMILES string of the molecule is O=C(Nc1cc(Cl)c([N+](=O)[O-])cc1Cl)C1(F)C(F)(F)C(F)(F)C(F)(F)C(F)(F)C1(F)F. The van der Waals surface area contributed by atoms with E-state index in [0.29, 0.717) is 0 Å². The predicted octanol–water partition coefficient (Wildman–Crippen LogP) is 5.74. The molecule has 1 saturated carbocycles. The van der Waals surface area contributed by atoms with Crippen LogP contribution in [0.2, 0.25) is 10.0 Å². The number of alkyl halides is 11. The van der Waals surface area contributed by atoms with Crippen molar-refractivity contribution in [3.05, 3.63) is 32.3 Å². The lowest BCUT2D eigenvalue weighted by Gasteiger charge is -2.51. The van der Waals surface area contributed by atoms with Crippen LogP contribution < -0.4 is 5.32 Å². The second-order valence-electron chi connectivity index (χ2n) is 6.03. The van der Waals surface area contributed by atoms with E-state index in [4.69, 9.17) is 23.2 Å². The lowest BCUT2D eigenvalue weighted by atomic mass is 9.71. The summed E-state index contributed by atoms with van der Waals surface area (Å²) in [4.78, 5) is 21.3. The van der Waals surface area contributed by atoms with Gasteiger partial charge in [-0.15, -0.1) is 0 Å². The number of carbonyl (C=O) groups is 1. The molecule has 0 radical (unpaired) electrons. The standard InChI is InChI=1S/C13H3Cl2F11N2O3/c14-3-2-6(28(30)31)4(15)1-5(3)27-7(29)8(16)9(17,18)11(21,22)13(25,26)12(23,24)10(8,19)20/h1-2H,(H,27,29). The third-order valence-corrected chi connectivity index (χ3v) is 4.85. The summed E-state index contributed by atoms with van der Waals surface area (Å²) in [6, 6.07) is 0.437. The summed E-state index contributed by atoms with van der Waals surface area (Å²) >= 11 is 10.7. The monoisotopic (exact) mass is 514 g/mol. The molecule has 1 aromatic rings. The summed E-state index contributed by atoms with van der Waals surface area (Å²) in [5.41, 5.74) is -9.28. The Bertz CT molecular complexity index is 940. The second kappa shape index (κ2) is 6.70. The Kier molecular flexibility index (Phi) is 5.44. The highest BCUT2D eigenvalue weighted by molar-refractivity contribution is 6.37. The quantitative estimate of drug-likeness (QED) is 0.317. The van der Waals surface area contributed by atoms with Crippen LogP contribution in [0.4, 0.5) is 59.7 Å². The molecule has 0 aliphatic heterocycles. The number of anilines is 1. The zero-order valence-corrected chi connectivity index (χ0v) is 15.3. The number of nitrogens with one attached hydrogen (secondary N) is 1. The fraction of sp³-hybridized carbons (Fsp3) is 0.462. The van der Waals surface area contributed by atoms with Crippen LogP contribution in [0.25, 0.3) is 0 Å². The number of nitro benzene ring substituents is 1. The van der Waals surface area contributed by atoms with Gasteiger partial charge in [-0.3, -0.25) is 14.9 Å². The third kappa shape index (κ3) is 2.79. The van der Waals surface area contributed by atoms with Crippen molar-refractivity contribution in [2.75, 3.05) is 5.32 Å². The largest absolute Gasteiger partial charge is 0.384 e. The molecule has 5 nitrogen and oxygen atoms in total. The number of amides is 1. The van der Waals surface area contributed by atoms with Crippen molar-refractivity contribution in [3.63, 3.8) is 0 Å². The van der Waals surface area contributed by atoms with Crippen molar-refractivity contribution in [1.82, 2.24) is 0 Å². The van der Waals surface area contributed by atoms with Crippen LogP contribution in [0.5, 0.6) is 0 Å². The molecule has 1 aliphatic carbocycles. The first-order chi connectivity index (χ1) is 13.6. The van der Waals surface area contributed by atoms with Gasteiger partial charge in [0, 0.05) is 6.07 Å². The van der Waals surface area contributed by atoms with Crippen molar-refractivity contribution in [1.29, 1.82) is 0 Å². The zero-order valence-electron chi connectivity index (χ0n) is 13.7. The molecule has 0 heterocycles. The summed E-state index contributed by atoms with van der Waals surface area (Å²) in [6.07, 6.45) is 0. The summed E-state index contributed by atoms with van der Waals surface area (Å²) in [6.45, 7) is 0. The van der Waals surface area contributed by atoms with Gasteiger partial charge >= 0.3 is 35.3 Å². The minimum absolute atomic E-state index is 0.174. The maximum Gasteiger partial charge on any atom is 0.384 e. The van der Waals surface area contributed by atoms with Crippen LogP contribution in [0.3, 0.4) is 0 Å². The Morgan fingerprint density at radius 3 is 1.55 bits per heavy atom. The van der Waals surface area contributed by atoms with Crippen LogP contribution in [0.1, 0.15) is 0 Å². The molecule has 1 aromatic carbocycles. The molecule has 0 bridgehead atoms. The van der Waals surface area contributed by atoms with Gasteiger partial charge in [0.15, 0.2) is 0 Å². The van der Waals surface area contributed by atoms with E-state index in [2.05, 4.69) is 0 Å². The molecule has 0 saturated heterocycles. The minimum Gasteiger partial charge on any atom is -0.321 e. The molecule has 0 spiro atoms. The summed E-state index contributed by atoms with van der Waals surface area (Å²) in [7, 11) is 0. The number of carbonyl (C=O) groups excluding carboxylic acids is 1. The first-order valence-corrected chi connectivity index (χ1v) is 7.91. The van der Waals surface area contributed by atoms with E-state index in [-0.39, 0.29) is 12.1 Å². The molecule has 1 fully saturated rings. The number of hydrogen-bond donors (Lipinski definition) is 1. The molecule has 0 unspecified atom stereocenters. The molecule has 31 heavy (non-hydrogen) atoms. The Balaban J connectivity index is 2.69. The van der Waals surface area contributed by atoms with E-state index in [0.717, 1.165) is 5.32 Å². The van der Waals surface area contributed by atoms with E-state index in [1.165, 1.54) is 0 Å². The lowest BCUT2D eigenvalue weighted by Crippen LogP contribution is -2.86. The van der Waals surface area contributed by atoms with E-state index in [1.807, 2.05) is 0 Å². The fourth-order valence-electron chi connectivity index (χ4n) is 2.49. The van der Waals surface area contributed by atoms with Gasteiger partial charge in [-0.25, -0.2) is 4.39 Å². The van der Waals surface area contributed by atoms with E-state index in [1.54, 1.807) is 0 Å². The molecule has 1 N–H and O–H groups in total. The molecule has 1 aliphatic rings. The molecule has 0 aromatic heterocycles. The molecule has 18 heteroatoms. The highest BCUT2D eigenvalue weighted by atomic mass is 35.5. The first kappa shape index (κ1) is 25.2. The third-order valence-electron chi connectivity index (χ3n) is 4.24. The van der Waals surface area contributed by atoms with Crippen molar-refractivity contribution in [2.24, 2.45) is 0 Å². The Morgan fingerprint density at radius 2 is 1.16 bits per heavy atom. The molecule has 2 rings (SSSR count). The van der Waals surface area contributed by atoms with Gasteiger partial charge in [0.2, 0.25) is 0 Å². The van der Waals surface area contributed by atoms with Gasteiger partial charge < -0.3 is 5.32 Å². The normalized spacial score (nSPS) is 24.3. The zero-order chi connectivity index (χ0) is 24.6. The van der Waals surface area contributed by atoms with Crippen molar-refractivity contribution >= 4 is 40.5 Å². The Hall–Kier alpha value is -2.10. The highest BCUT2D eigenvalue weighted by Crippen LogP contribution is 2.69. The van der Waals surface area contributed by atoms with Gasteiger partial charge in [0.05, 0.1) is 15.6 Å². The van der Waals surface area contributed by atoms with Crippen LogP contribution in [0, 0.1) is 10.1 Å². The molecule has 1 amide bonds. The van der Waals surface area contributed by atoms with Gasteiger partial charge in [-0.2, -0.15) is 43.9 Å². The lowest BCUT2D eigenvalue weighted by molar-refractivity contribution is -0.475. The Labute approximate surface area is 172 Å². The van der Waals surface area contributed by atoms with E-state index < -0.39 is 67.5 Å². The fourth-order valence-corrected chi connectivity index (χ4v) is 2.92. The minimum atomic E-state index is -7.49. The number of hydrogen-bond acceptors (Lipinski definition) is 3. The molecular formula is C13H3Cl2F11N2O3. The van der Waals surface area contributed by atoms with Crippen molar-refractivity contribution in [3.8, 4) is 0 Å². The maximum absolute atomic E-state index is 14.6. The highest BCUT2D eigenvalue weighted by Gasteiger charge is 3.02. The van der Waals surface area contributed by atoms with Gasteiger partial charge in [0.1, 0.15) is 5.02 Å². The topological polar surface area (TPSA) is 72.2 Å². The van der Waals surface area contributed by atoms with Crippen LogP contribution in [-0.4, -0.2) is 46.1 Å². The van der Waals surface area contributed by atoms with Gasteiger partial charge in [0.25, 0.3) is 11.6 Å². The second-order valence-corrected chi connectivity index (χ2v) is 6.84. The van der Waals surface area contributed by atoms with Crippen molar-refractivity contribution in [2.45, 2.75) is 35.3 Å². The number of benzene rings is 1. The molecule has 174 valence electrons. The van der Waals surface area contributed by atoms with Gasteiger partial charge in [-0.1, -0.05) is 23.2 Å². The number of nitrogens with zero attached hydrogens (tertiary/aromatic N) is 1. The summed E-state index contributed by atoms with van der Waals surface area (Å²) in [5, 5.41) is 9.29. The maximum atomic E-state index is 14.6. The van der Waals surface area contributed by atoms with E-state index in [9.17, 15) is 63.2 Å². The Morgan fingerprint density at radius 1 is 0.774 bits per heavy atom. The summed E-state index contributed by atoms with van der Waals surface area (Å²) in [5.74, 6) is -40.9. The number of nitro groups is 1. The van der Waals surface area contributed by atoms with E-state index >= 15 is 0 Å². The van der Waals surface area contributed by atoms with Crippen LogP contribution in [0.15, 0.2) is 12.1 Å². The average molecular weight is 515 g/mol. The molecular weight excluding hydrogens is 512 g/mol. The van der Waals surface area contributed by atoms with Crippen LogP contribution in [-0.2, 0) is 4.79 Å². The smallest absolute Gasteiger partial charge is 0.321 e. The predicted molar refractivity (Wildman–Crippen MR) is 80.3 cm³/mol. The van der Waals surface area contributed by atoms with Crippen LogP contribution >= 0.6 is 23.2 Å². The molecule has 0 atom stereocenters. The van der Waals surface area contributed by atoms with Crippen molar-refractivity contribution < 1.29 is 58.0 Å². The average Bonchev–Trinajstić information content (AvgIpc) is 2.61. The number of rotatable bonds is 3. The number of halogens is 13.